The Hall–Kier alpha value is -1.81. The first kappa shape index (κ1) is 15.6. The summed E-state index contributed by atoms with van der Waals surface area (Å²) in [6.07, 6.45) is 7.51. The van der Waals surface area contributed by atoms with Crippen LogP contribution in [0, 0.1) is 13.8 Å². The van der Waals surface area contributed by atoms with Crippen LogP contribution in [0.3, 0.4) is 0 Å². The molecule has 1 aromatic rings. The van der Waals surface area contributed by atoms with Crippen LogP contribution in [0.1, 0.15) is 36.8 Å². The number of carbonyl (C=O) groups is 1. The molecule has 114 valence electrons. The summed E-state index contributed by atoms with van der Waals surface area (Å²) in [5.41, 5.74) is 8.05. The van der Waals surface area contributed by atoms with Gasteiger partial charge in [-0.15, -0.1) is 0 Å². The summed E-state index contributed by atoms with van der Waals surface area (Å²) < 4.78 is 5.48. The highest BCUT2D eigenvalue weighted by Crippen LogP contribution is 2.22. The van der Waals surface area contributed by atoms with Gasteiger partial charge >= 0.3 is 6.09 Å². The molecular formula is C17H24N2O2. The zero-order valence-electron chi connectivity index (χ0n) is 12.8. The number of benzene rings is 1. The monoisotopic (exact) mass is 288 g/mol. The van der Waals surface area contributed by atoms with Crippen LogP contribution in [0.25, 0.3) is 0 Å². The van der Waals surface area contributed by atoms with E-state index >= 15 is 0 Å². The highest BCUT2D eigenvalue weighted by atomic mass is 16.6. The third kappa shape index (κ3) is 4.33. The summed E-state index contributed by atoms with van der Waals surface area (Å²) in [6, 6.07) is 5.75. The molecule has 4 nitrogen and oxygen atoms in total. The number of rotatable bonds is 2. The van der Waals surface area contributed by atoms with Crippen molar-refractivity contribution in [2.75, 3.05) is 0 Å². The molecule has 2 atom stereocenters. The smallest absolute Gasteiger partial charge is 0.410 e. The van der Waals surface area contributed by atoms with Crippen molar-refractivity contribution >= 4 is 6.09 Å². The standard InChI is InChI=1S/C17H24N2O2/c1-12-8-7-9-13(2)16(12)21-17(20)19-15-11-6-4-3-5-10-14(15)18/h3-4,7-9,14-15H,5-6,10-11,18H2,1-2H3,(H,19,20)/b4-3+. The number of para-hydroxylation sites is 1. The third-order valence-corrected chi connectivity index (χ3v) is 3.90. The van der Waals surface area contributed by atoms with E-state index < -0.39 is 6.09 Å². The van der Waals surface area contributed by atoms with Crippen LogP contribution in [0.15, 0.2) is 30.4 Å². The van der Waals surface area contributed by atoms with E-state index in [0.29, 0.717) is 5.75 Å². The first-order valence-corrected chi connectivity index (χ1v) is 7.53. The molecule has 0 saturated carbocycles. The third-order valence-electron chi connectivity index (χ3n) is 3.90. The molecule has 0 saturated heterocycles. The van der Waals surface area contributed by atoms with E-state index in [2.05, 4.69) is 17.5 Å². The van der Waals surface area contributed by atoms with Gasteiger partial charge in [0.05, 0.1) is 0 Å². The lowest BCUT2D eigenvalue weighted by Crippen LogP contribution is -2.48. The van der Waals surface area contributed by atoms with E-state index in [0.717, 1.165) is 36.8 Å². The van der Waals surface area contributed by atoms with Crippen molar-refractivity contribution in [3.63, 3.8) is 0 Å². The number of hydrogen-bond donors (Lipinski definition) is 2. The van der Waals surface area contributed by atoms with Crippen LogP contribution in [-0.4, -0.2) is 18.2 Å². The molecule has 4 heteroatoms. The predicted octanol–water partition coefficient (Wildman–Crippen LogP) is 3.22. The van der Waals surface area contributed by atoms with Crippen LogP contribution in [0.2, 0.25) is 0 Å². The Kier molecular flexibility index (Phi) is 5.39. The average Bonchev–Trinajstić information content (AvgIpc) is 2.43. The van der Waals surface area contributed by atoms with E-state index in [4.69, 9.17) is 10.5 Å². The van der Waals surface area contributed by atoms with Crippen LogP contribution in [-0.2, 0) is 0 Å². The first-order valence-electron chi connectivity index (χ1n) is 7.53. The molecule has 1 aliphatic carbocycles. The molecular weight excluding hydrogens is 264 g/mol. The molecule has 0 bridgehead atoms. The minimum atomic E-state index is -0.419. The number of ether oxygens (including phenoxy) is 1. The maximum Gasteiger partial charge on any atom is 0.412 e. The fourth-order valence-electron chi connectivity index (χ4n) is 2.63. The Morgan fingerprint density at radius 2 is 1.81 bits per heavy atom. The van der Waals surface area contributed by atoms with Crippen LogP contribution in [0.4, 0.5) is 4.79 Å². The van der Waals surface area contributed by atoms with E-state index in [1.807, 2.05) is 32.0 Å². The van der Waals surface area contributed by atoms with Crippen molar-refractivity contribution in [2.24, 2.45) is 5.73 Å². The Morgan fingerprint density at radius 3 is 2.48 bits per heavy atom. The second-order valence-electron chi connectivity index (χ2n) is 5.65. The molecule has 0 fully saturated rings. The van der Waals surface area contributed by atoms with Crippen molar-refractivity contribution in [2.45, 2.75) is 51.6 Å². The van der Waals surface area contributed by atoms with Crippen LogP contribution >= 0.6 is 0 Å². The first-order chi connectivity index (χ1) is 10.1. The number of allylic oxidation sites excluding steroid dienone is 2. The zero-order chi connectivity index (χ0) is 15.2. The SMILES string of the molecule is Cc1cccc(C)c1OC(=O)NC1CC/C=C/CCC1N. The van der Waals surface area contributed by atoms with Crippen molar-refractivity contribution in [1.82, 2.24) is 5.32 Å². The minimum absolute atomic E-state index is 0.0273. The van der Waals surface area contributed by atoms with Gasteiger partial charge in [-0.25, -0.2) is 4.79 Å². The Morgan fingerprint density at radius 1 is 1.19 bits per heavy atom. The summed E-state index contributed by atoms with van der Waals surface area (Å²) in [4.78, 5) is 12.1. The number of amides is 1. The van der Waals surface area contributed by atoms with Crippen molar-refractivity contribution in [3.8, 4) is 5.75 Å². The largest absolute Gasteiger partial charge is 0.412 e. The lowest BCUT2D eigenvalue weighted by Gasteiger charge is -2.25. The summed E-state index contributed by atoms with van der Waals surface area (Å²) in [7, 11) is 0. The Bertz CT molecular complexity index is 505. The van der Waals surface area contributed by atoms with Crippen LogP contribution in [0.5, 0.6) is 5.75 Å². The molecule has 1 aliphatic rings. The topological polar surface area (TPSA) is 64.3 Å². The molecule has 2 unspecified atom stereocenters. The fourth-order valence-corrected chi connectivity index (χ4v) is 2.63. The van der Waals surface area contributed by atoms with Gasteiger partial charge in [-0.1, -0.05) is 30.4 Å². The summed E-state index contributed by atoms with van der Waals surface area (Å²) in [5, 5.41) is 2.92. The Labute approximate surface area is 126 Å². The second-order valence-corrected chi connectivity index (χ2v) is 5.65. The molecule has 2 rings (SSSR count). The lowest BCUT2D eigenvalue weighted by atomic mass is 9.96. The highest BCUT2D eigenvalue weighted by molar-refractivity contribution is 5.71. The number of aryl methyl sites for hydroxylation is 2. The number of nitrogens with two attached hydrogens (primary N) is 1. The van der Waals surface area contributed by atoms with Gasteiger partial charge in [0.25, 0.3) is 0 Å². The van der Waals surface area contributed by atoms with E-state index in [1.54, 1.807) is 0 Å². The molecule has 0 heterocycles. The van der Waals surface area contributed by atoms with E-state index in [1.165, 1.54) is 0 Å². The van der Waals surface area contributed by atoms with Crippen molar-refractivity contribution in [3.05, 3.63) is 41.5 Å². The molecule has 0 aromatic heterocycles. The van der Waals surface area contributed by atoms with E-state index in [9.17, 15) is 4.79 Å². The average molecular weight is 288 g/mol. The highest BCUT2D eigenvalue weighted by Gasteiger charge is 2.21. The van der Waals surface area contributed by atoms with Gasteiger partial charge in [-0.2, -0.15) is 0 Å². The maximum atomic E-state index is 12.1. The van der Waals surface area contributed by atoms with Gasteiger partial charge in [-0.05, 0) is 50.7 Å². The van der Waals surface area contributed by atoms with Gasteiger partial charge in [0, 0.05) is 12.1 Å². The molecule has 3 N–H and O–H groups in total. The fraction of sp³-hybridized carbons (Fsp3) is 0.471. The molecule has 0 radical (unpaired) electrons. The van der Waals surface area contributed by atoms with E-state index in [-0.39, 0.29) is 12.1 Å². The zero-order valence-corrected chi connectivity index (χ0v) is 12.8. The van der Waals surface area contributed by atoms with Gasteiger partial charge in [0.1, 0.15) is 5.75 Å². The molecule has 0 spiro atoms. The summed E-state index contributed by atoms with van der Waals surface area (Å²) >= 11 is 0. The van der Waals surface area contributed by atoms with Crippen LogP contribution < -0.4 is 15.8 Å². The molecule has 1 aromatic carbocycles. The summed E-state index contributed by atoms with van der Waals surface area (Å²) in [6.45, 7) is 3.86. The molecule has 1 amide bonds. The minimum Gasteiger partial charge on any atom is -0.410 e. The lowest BCUT2D eigenvalue weighted by molar-refractivity contribution is 0.191. The maximum absolute atomic E-state index is 12.1. The van der Waals surface area contributed by atoms with Gasteiger partial charge in [-0.3, -0.25) is 0 Å². The molecule has 21 heavy (non-hydrogen) atoms. The quantitative estimate of drug-likeness (QED) is 0.821. The number of hydrogen-bond acceptors (Lipinski definition) is 3. The van der Waals surface area contributed by atoms with Gasteiger partial charge in [0.15, 0.2) is 0 Å². The van der Waals surface area contributed by atoms with Crippen molar-refractivity contribution < 1.29 is 9.53 Å². The predicted molar refractivity (Wildman–Crippen MR) is 84.4 cm³/mol. The molecule has 0 aliphatic heterocycles. The summed E-state index contributed by atoms with van der Waals surface area (Å²) in [5.74, 6) is 0.634. The number of nitrogens with one attached hydrogen (secondary N) is 1. The van der Waals surface area contributed by atoms with Gasteiger partial charge < -0.3 is 15.8 Å². The number of carbonyl (C=O) groups excluding carboxylic acids is 1. The Balaban J connectivity index is 1.99. The van der Waals surface area contributed by atoms with Gasteiger partial charge in [0.2, 0.25) is 0 Å². The normalized spacial score (nSPS) is 23.8. The second kappa shape index (κ2) is 7.27. The van der Waals surface area contributed by atoms with Crippen molar-refractivity contribution in [1.29, 1.82) is 0 Å².